The molecule has 0 bridgehead atoms. The molecular weight excluding hydrogens is 254 g/mol. The van der Waals surface area contributed by atoms with Gasteiger partial charge in [-0.15, -0.1) is 11.8 Å². The first-order valence-corrected chi connectivity index (χ1v) is 6.73. The molecule has 0 aliphatic rings. The number of aliphatic hydroxyl groups excluding tert-OH is 2. The smallest absolute Gasteiger partial charge is 0.157 e. The molecule has 0 saturated heterocycles. The number of aliphatic hydroxyl groups is 2. The Morgan fingerprint density at radius 1 is 1.50 bits per heavy atom. The number of nitrogens with one attached hydrogen (secondary N) is 1. The fourth-order valence-electron chi connectivity index (χ4n) is 1.17. The molecule has 3 N–H and O–H groups in total. The summed E-state index contributed by atoms with van der Waals surface area (Å²) in [5, 5.41) is 21.8. The highest BCUT2D eigenvalue weighted by atomic mass is 32.2. The van der Waals surface area contributed by atoms with Gasteiger partial charge < -0.3 is 20.3 Å². The molecule has 0 spiro atoms. The standard InChI is InChI=1S/C11H19N3O3S/c1-3-17-6-10-13-9(12-2)4-11(14-10)18-7-8(16)5-15/h4,8,15-16H,3,5-7H2,1-2H3,(H,12,13,14). The number of hydrogen-bond acceptors (Lipinski definition) is 7. The van der Waals surface area contributed by atoms with E-state index in [9.17, 15) is 5.11 Å². The Morgan fingerprint density at radius 3 is 2.89 bits per heavy atom. The van der Waals surface area contributed by atoms with Crippen LogP contribution in [-0.2, 0) is 11.3 Å². The monoisotopic (exact) mass is 273 g/mol. The largest absolute Gasteiger partial charge is 0.394 e. The van der Waals surface area contributed by atoms with Crippen molar-refractivity contribution in [3.05, 3.63) is 11.9 Å². The van der Waals surface area contributed by atoms with E-state index in [1.165, 1.54) is 11.8 Å². The van der Waals surface area contributed by atoms with Gasteiger partial charge in [-0.1, -0.05) is 0 Å². The summed E-state index contributed by atoms with van der Waals surface area (Å²) in [6.45, 7) is 2.64. The SMILES string of the molecule is CCOCc1nc(NC)cc(SCC(O)CO)n1. The molecule has 6 nitrogen and oxygen atoms in total. The predicted molar refractivity (Wildman–Crippen MR) is 70.7 cm³/mol. The van der Waals surface area contributed by atoms with E-state index < -0.39 is 6.10 Å². The van der Waals surface area contributed by atoms with E-state index in [1.807, 2.05) is 6.92 Å². The molecule has 0 aromatic carbocycles. The van der Waals surface area contributed by atoms with Crippen LogP contribution < -0.4 is 5.32 Å². The maximum Gasteiger partial charge on any atom is 0.157 e. The van der Waals surface area contributed by atoms with E-state index in [2.05, 4.69) is 15.3 Å². The minimum atomic E-state index is -0.738. The van der Waals surface area contributed by atoms with Crippen LogP contribution in [0.3, 0.4) is 0 Å². The van der Waals surface area contributed by atoms with Gasteiger partial charge in [0.2, 0.25) is 0 Å². The Morgan fingerprint density at radius 2 is 2.28 bits per heavy atom. The Labute approximate surface area is 111 Å². The zero-order chi connectivity index (χ0) is 13.4. The zero-order valence-electron chi connectivity index (χ0n) is 10.6. The van der Waals surface area contributed by atoms with Gasteiger partial charge in [-0.2, -0.15) is 0 Å². The van der Waals surface area contributed by atoms with Crippen LogP contribution >= 0.6 is 11.8 Å². The summed E-state index contributed by atoms with van der Waals surface area (Å²) >= 11 is 1.37. The number of hydrogen-bond donors (Lipinski definition) is 3. The third-order valence-electron chi connectivity index (χ3n) is 2.07. The number of rotatable bonds is 8. The molecular formula is C11H19N3O3S. The van der Waals surface area contributed by atoms with Crippen LogP contribution in [0.2, 0.25) is 0 Å². The lowest BCUT2D eigenvalue weighted by atomic mass is 10.4. The van der Waals surface area contributed by atoms with E-state index in [0.29, 0.717) is 30.6 Å². The van der Waals surface area contributed by atoms with Gasteiger partial charge in [-0.05, 0) is 6.92 Å². The van der Waals surface area contributed by atoms with Gasteiger partial charge in [0.05, 0.1) is 12.7 Å². The van der Waals surface area contributed by atoms with Crippen molar-refractivity contribution in [1.29, 1.82) is 0 Å². The fourth-order valence-corrected chi connectivity index (χ4v) is 2.00. The number of ether oxygens (including phenoxy) is 1. The second-order valence-corrected chi connectivity index (χ2v) is 4.58. The second-order valence-electron chi connectivity index (χ2n) is 3.54. The third kappa shape index (κ3) is 5.18. The van der Waals surface area contributed by atoms with Crippen LogP contribution in [0.1, 0.15) is 12.7 Å². The van der Waals surface area contributed by atoms with Crippen molar-refractivity contribution in [3.8, 4) is 0 Å². The van der Waals surface area contributed by atoms with Crippen LogP contribution in [0.25, 0.3) is 0 Å². The number of aromatic nitrogens is 2. The summed E-state index contributed by atoms with van der Waals surface area (Å²) in [5.41, 5.74) is 0. The number of anilines is 1. The molecule has 7 heteroatoms. The lowest BCUT2D eigenvalue weighted by molar-refractivity contribution is 0.113. The quantitative estimate of drug-likeness (QED) is 0.469. The number of nitrogens with zero attached hydrogens (tertiary/aromatic N) is 2. The molecule has 1 aromatic heterocycles. The van der Waals surface area contributed by atoms with E-state index in [-0.39, 0.29) is 6.61 Å². The normalized spacial score (nSPS) is 12.4. The van der Waals surface area contributed by atoms with Crippen molar-refractivity contribution in [2.45, 2.75) is 24.7 Å². The van der Waals surface area contributed by atoms with Crippen LogP contribution in [0, 0.1) is 0 Å². The molecule has 1 unspecified atom stereocenters. The van der Waals surface area contributed by atoms with E-state index in [0.717, 1.165) is 5.03 Å². The molecule has 1 heterocycles. The summed E-state index contributed by atoms with van der Waals surface area (Å²) in [7, 11) is 1.78. The zero-order valence-corrected chi connectivity index (χ0v) is 11.4. The van der Waals surface area contributed by atoms with Crippen LogP contribution in [0.4, 0.5) is 5.82 Å². The van der Waals surface area contributed by atoms with Gasteiger partial charge >= 0.3 is 0 Å². The van der Waals surface area contributed by atoms with Crippen molar-refractivity contribution >= 4 is 17.6 Å². The van der Waals surface area contributed by atoms with Crippen molar-refractivity contribution in [3.63, 3.8) is 0 Å². The highest BCUT2D eigenvalue weighted by Crippen LogP contribution is 2.19. The average molecular weight is 273 g/mol. The second kappa shape index (κ2) is 8.25. The maximum absolute atomic E-state index is 9.30. The molecule has 0 saturated carbocycles. The molecule has 0 aliphatic carbocycles. The summed E-state index contributed by atoms with van der Waals surface area (Å²) in [5.74, 6) is 1.70. The molecule has 0 radical (unpaired) electrons. The van der Waals surface area contributed by atoms with Gasteiger partial charge in [-0.3, -0.25) is 0 Å². The topological polar surface area (TPSA) is 87.5 Å². The fraction of sp³-hybridized carbons (Fsp3) is 0.636. The Bertz CT molecular complexity index is 365. The van der Waals surface area contributed by atoms with Crippen LogP contribution in [-0.4, -0.2) is 52.3 Å². The third-order valence-corrected chi connectivity index (χ3v) is 3.13. The summed E-state index contributed by atoms with van der Waals surface area (Å²) < 4.78 is 5.27. The Kier molecular flexibility index (Phi) is 6.96. The minimum Gasteiger partial charge on any atom is -0.394 e. The van der Waals surface area contributed by atoms with E-state index >= 15 is 0 Å². The Balaban J connectivity index is 2.70. The summed E-state index contributed by atoms with van der Waals surface area (Å²) in [4.78, 5) is 8.58. The van der Waals surface area contributed by atoms with Crippen molar-refractivity contribution in [2.24, 2.45) is 0 Å². The molecule has 0 amide bonds. The average Bonchev–Trinajstić information content (AvgIpc) is 2.42. The van der Waals surface area contributed by atoms with Crippen molar-refractivity contribution < 1.29 is 14.9 Å². The minimum absolute atomic E-state index is 0.247. The van der Waals surface area contributed by atoms with E-state index in [4.69, 9.17) is 9.84 Å². The molecule has 1 atom stereocenters. The highest BCUT2D eigenvalue weighted by Gasteiger charge is 2.08. The first kappa shape index (κ1) is 15.2. The van der Waals surface area contributed by atoms with Gasteiger partial charge in [0.25, 0.3) is 0 Å². The first-order chi connectivity index (χ1) is 8.69. The summed E-state index contributed by atoms with van der Waals surface area (Å²) in [6.07, 6.45) is -0.738. The van der Waals surface area contributed by atoms with Crippen molar-refractivity contribution in [2.75, 3.05) is 31.3 Å². The summed E-state index contributed by atoms with van der Waals surface area (Å²) in [6, 6.07) is 1.80. The predicted octanol–water partition coefficient (Wildman–Crippen LogP) is 0.500. The molecule has 1 rings (SSSR count). The van der Waals surface area contributed by atoms with Gasteiger partial charge in [0.15, 0.2) is 5.82 Å². The van der Waals surface area contributed by atoms with Gasteiger partial charge in [0, 0.05) is 25.5 Å². The Hall–Kier alpha value is -0.890. The molecule has 0 aliphatic heterocycles. The highest BCUT2D eigenvalue weighted by molar-refractivity contribution is 7.99. The number of thioether (sulfide) groups is 1. The van der Waals surface area contributed by atoms with Crippen molar-refractivity contribution in [1.82, 2.24) is 9.97 Å². The molecule has 0 fully saturated rings. The molecule has 1 aromatic rings. The maximum atomic E-state index is 9.30. The lowest BCUT2D eigenvalue weighted by Crippen LogP contribution is -2.15. The van der Waals surface area contributed by atoms with Gasteiger partial charge in [-0.25, -0.2) is 9.97 Å². The van der Waals surface area contributed by atoms with Crippen LogP contribution in [0.15, 0.2) is 11.1 Å². The molecule has 102 valence electrons. The first-order valence-electron chi connectivity index (χ1n) is 5.74. The van der Waals surface area contributed by atoms with Gasteiger partial charge in [0.1, 0.15) is 17.5 Å². The lowest BCUT2D eigenvalue weighted by Gasteiger charge is -2.09. The van der Waals surface area contributed by atoms with Crippen LogP contribution in [0.5, 0.6) is 0 Å². The molecule has 18 heavy (non-hydrogen) atoms. The van der Waals surface area contributed by atoms with E-state index in [1.54, 1.807) is 13.1 Å².